The average molecular weight is 370 g/mol. The Bertz CT molecular complexity index is 815. The number of rotatable bonds is 8. The molecule has 2 aromatic rings. The van der Waals surface area contributed by atoms with Crippen LogP contribution in [0.2, 0.25) is 0 Å². The maximum absolute atomic E-state index is 12.9. The van der Waals surface area contributed by atoms with Crippen molar-refractivity contribution in [2.24, 2.45) is 5.92 Å². The highest BCUT2D eigenvalue weighted by atomic mass is 16.5. The number of hydrogen-bond donors (Lipinski definition) is 1. The Hall–Kier alpha value is -2.43. The second kappa shape index (κ2) is 9.49. The first-order valence-electron chi connectivity index (χ1n) is 9.75. The van der Waals surface area contributed by atoms with Crippen LogP contribution in [-0.4, -0.2) is 29.5 Å². The van der Waals surface area contributed by atoms with Gasteiger partial charge < -0.3 is 10.1 Å². The van der Waals surface area contributed by atoms with Crippen LogP contribution >= 0.6 is 0 Å². The highest BCUT2D eigenvalue weighted by molar-refractivity contribution is 6.05. The average Bonchev–Trinajstić information content (AvgIpc) is 2.65. The van der Waals surface area contributed by atoms with Gasteiger partial charge in [0.2, 0.25) is 0 Å². The third-order valence-corrected chi connectivity index (χ3v) is 4.85. The van der Waals surface area contributed by atoms with Crippen LogP contribution < -0.4 is 5.32 Å². The lowest BCUT2D eigenvalue weighted by molar-refractivity contribution is -0.125. The fourth-order valence-corrected chi connectivity index (χ4v) is 3.03. The van der Waals surface area contributed by atoms with Crippen LogP contribution in [0.5, 0.6) is 0 Å². The SMILES string of the molecule is CCCc1nc2ccccc2c(C(=O)OCC(=O)N[C@H](C)C(C)C)c1CC. The van der Waals surface area contributed by atoms with Crippen molar-refractivity contribution in [3.63, 3.8) is 0 Å². The molecule has 5 heteroatoms. The van der Waals surface area contributed by atoms with Gasteiger partial charge in [-0.2, -0.15) is 0 Å². The fraction of sp³-hybridized carbons (Fsp3) is 0.500. The normalized spacial score (nSPS) is 12.2. The summed E-state index contributed by atoms with van der Waals surface area (Å²) in [5, 5.41) is 3.63. The largest absolute Gasteiger partial charge is 0.452 e. The molecule has 0 fully saturated rings. The molecule has 0 saturated heterocycles. The van der Waals surface area contributed by atoms with Crippen molar-refractivity contribution in [2.45, 2.75) is 59.9 Å². The van der Waals surface area contributed by atoms with Crippen LogP contribution in [0.3, 0.4) is 0 Å². The summed E-state index contributed by atoms with van der Waals surface area (Å²) in [6.45, 7) is 9.82. The summed E-state index contributed by atoms with van der Waals surface area (Å²) < 4.78 is 5.38. The van der Waals surface area contributed by atoms with Gasteiger partial charge in [0.15, 0.2) is 6.61 Å². The van der Waals surface area contributed by atoms with Crippen molar-refractivity contribution in [2.75, 3.05) is 6.61 Å². The Balaban J connectivity index is 2.30. The van der Waals surface area contributed by atoms with E-state index in [0.717, 1.165) is 35.0 Å². The Labute approximate surface area is 161 Å². The van der Waals surface area contributed by atoms with Gasteiger partial charge in [0.25, 0.3) is 5.91 Å². The zero-order valence-electron chi connectivity index (χ0n) is 17.0. The van der Waals surface area contributed by atoms with E-state index in [2.05, 4.69) is 12.2 Å². The number of ether oxygens (including phenoxy) is 1. The van der Waals surface area contributed by atoms with E-state index in [4.69, 9.17) is 9.72 Å². The molecule has 0 aliphatic carbocycles. The number of para-hydroxylation sites is 1. The topological polar surface area (TPSA) is 68.3 Å². The second-order valence-corrected chi connectivity index (χ2v) is 7.21. The maximum Gasteiger partial charge on any atom is 0.339 e. The van der Waals surface area contributed by atoms with Gasteiger partial charge >= 0.3 is 5.97 Å². The molecule has 5 nitrogen and oxygen atoms in total. The van der Waals surface area contributed by atoms with E-state index in [0.29, 0.717) is 17.9 Å². The summed E-state index contributed by atoms with van der Waals surface area (Å²) in [5.41, 5.74) is 3.17. The molecule has 0 unspecified atom stereocenters. The molecular weight excluding hydrogens is 340 g/mol. The van der Waals surface area contributed by atoms with Gasteiger partial charge in [-0.05, 0) is 37.3 Å². The molecule has 27 heavy (non-hydrogen) atoms. The third-order valence-electron chi connectivity index (χ3n) is 4.85. The van der Waals surface area contributed by atoms with E-state index in [1.54, 1.807) is 0 Å². The molecule has 1 heterocycles. The first-order chi connectivity index (χ1) is 12.9. The van der Waals surface area contributed by atoms with Gasteiger partial charge in [0.1, 0.15) is 0 Å². The number of nitrogens with one attached hydrogen (secondary N) is 1. The number of fused-ring (bicyclic) bond motifs is 1. The molecule has 0 spiro atoms. The molecule has 0 aliphatic rings. The zero-order valence-corrected chi connectivity index (χ0v) is 17.0. The van der Waals surface area contributed by atoms with E-state index >= 15 is 0 Å². The number of carbonyl (C=O) groups is 2. The van der Waals surface area contributed by atoms with Crippen molar-refractivity contribution in [3.05, 3.63) is 41.1 Å². The zero-order chi connectivity index (χ0) is 20.0. The smallest absolute Gasteiger partial charge is 0.339 e. The van der Waals surface area contributed by atoms with Crippen molar-refractivity contribution < 1.29 is 14.3 Å². The van der Waals surface area contributed by atoms with Crippen LogP contribution in [-0.2, 0) is 22.4 Å². The summed E-state index contributed by atoms with van der Waals surface area (Å²) in [6, 6.07) is 7.61. The lowest BCUT2D eigenvalue weighted by atomic mass is 9.96. The van der Waals surface area contributed by atoms with Crippen LogP contribution in [0.1, 0.15) is 62.7 Å². The molecule has 1 aromatic carbocycles. The van der Waals surface area contributed by atoms with E-state index in [1.807, 2.05) is 52.0 Å². The van der Waals surface area contributed by atoms with E-state index in [1.165, 1.54) is 0 Å². The Kier molecular flexibility index (Phi) is 7.34. The van der Waals surface area contributed by atoms with Gasteiger partial charge in [0, 0.05) is 17.1 Å². The molecule has 1 N–H and O–H groups in total. The molecule has 1 amide bonds. The summed E-state index contributed by atoms with van der Waals surface area (Å²) in [7, 11) is 0. The number of nitrogens with zero attached hydrogens (tertiary/aromatic N) is 1. The molecule has 146 valence electrons. The van der Waals surface area contributed by atoms with Gasteiger partial charge in [0.05, 0.1) is 11.1 Å². The van der Waals surface area contributed by atoms with Crippen LogP contribution in [0, 0.1) is 5.92 Å². The number of benzene rings is 1. The lowest BCUT2D eigenvalue weighted by Gasteiger charge is -2.18. The van der Waals surface area contributed by atoms with Gasteiger partial charge in [-0.1, -0.05) is 52.3 Å². The summed E-state index contributed by atoms with van der Waals surface area (Å²) >= 11 is 0. The van der Waals surface area contributed by atoms with Crippen LogP contribution in [0.15, 0.2) is 24.3 Å². The number of aryl methyl sites for hydroxylation is 1. The Morgan fingerprint density at radius 2 is 1.85 bits per heavy atom. The second-order valence-electron chi connectivity index (χ2n) is 7.21. The fourth-order valence-electron chi connectivity index (χ4n) is 3.03. The van der Waals surface area contributed by atoms with Gasteiger partial charge in [-0.3, -0.25) is 9.78 Å². The molecule has 1 atom stereocenters. The number of amides is 1. The minimum absolute atomic E-state index is 0.0281. The first kappa shape index (κ1) is 20.9. The maximum atomic E-state index is 12.9. The lowest BCUT2D eigenvalue weighted by Crippen LogP contribution is -2.38. The number of aromatic nitrogens is 1. The minimum Gasteiger partial charge on any atom is -0.452 e. The van der Waals surface area contributed by atoms with Crippen LogP contribution in [0.25, 0.3) is 10.9 Å². The van der Waals surface area contributed by atoms with Gasteiger partial charge in [-0.25, -0.2) is 4.79 Å². The van der Waals surface area contributed by atoms with Crippen molar-refractivity contribution in [1.82, 2.24) is 10.3 Å². The first-order valence-corrected chi connectivity index (χ1v) is 9.75. The van der Waals surface area contributed by atoms with E-state index in [-0.39, 0.29) is 18.6 Å². The standard InChI is InChI=1S/C22H30N2O3/c1-6-10-18-16(7-2)21(17-11-8-9-12-19(17)24-18)22(26)27-13-20(25)23-15(5)14(3)4/h8-9,11-12,14-15H,6-7,10,13H2,1-5H3,(H,23,25)/t15-/m1/s1. The quantitative estimate of drug-likeness (QED) is 0.711. The minimum atomic E-state index is -0.463. The van der Waals surface area contributed by atoms with Crippen molar-refractivity contribution >= 4 is 22.8 Å². The number of hydrogen-bond acceptors (Lipinski definition) is 4. The monoisotopic (exact) mass is 370 g/mol. The van der Waals surface area contributed by atoms with Crippen molar-refractivity contribution in [3.8, 4) is 0 Å². The van der Waals surface area contributed by atoms with Crippen LogP contribution in [0.4, 0.5) is 0 Å². The third kappa shape index (κ3) is 5.06. The summed E-state index contributed by atoms with van der Waals surface area (Å²) in [6.07, 6.45) is 2.44. The summed E-state index contributed by atoms with van der Waals surface area (Å²) in [5.74, 6) is -0.429. The predicted molar refractivity (Wildman–Crippen MR) is 108 cm³/mol. The highest BCUT2D eigenvalue weighted by Gasteiger charge is 2.21. The number of carbonyl (C=O) groups excluding carboxylic acids is 2. The molecule has 0 aliphatic heterocycles. The molecule has 2 rings (SSSR count). The predicted octanol–water partition coefficient (Wildman–Crippen LogP) is 4.07. The highest BCUT2D eigenvalue weighted by Crippen LogP contribution is 2.26. The molecule has 1 aromatic heterocycles. The molecule has 0 bridgehead atoms. The molecular formula is C22H30N2O3. The Morgan fingerprint density at radius 1 is 1.15 bits per heavy atom. The van der Waals surface area contributed by atoms with E-state index < -0.39 is 5.97 Å². The van der Waals surface area contributed by atoms with Crippen molar-refractivity contribution in [1.29, 1.82) is 0 Å². The molecule has 0 saturated carbocycles. The number of esters is 1. The van der Waals surface area contributed by atoms with Gasteiger partial charge in [-0.15, -0.1) is 0 Å². The van der Waals surface area contributed by atoms with E-state index in [9.17, 15) is 9.59 Å². The Morgan fingerprint density at radius 3 is 2.48 bits per heavy atom. The molecule has 0 radical (unpaired) electrons. The summed E-state index contributed by atoms with van der Waals surface area (Å²) in [4.78, 5) is 29.7. The number of pyridine rings is 1.